The first-order valence-corrected chi connectivity index (χ1v) is 6.34. The number of carbonyl (C=O) groups excluding carboxylic acids is 1. The Bertz CT molecular complexity index is 311. The van der Waals surface area contributed by atoms with Crippen LogP contribution in [0.25, 0.3) is 0 Å². The second-order valence-electron chi connectivity index (χ2n) is 4.76. The van der Waals surface area contributed by atoms with Crippen LogP contribution in [0.15, 0.2) is 5.16 Å². The first kappa shape index (κ1) is 13.8. The third-order valence-electron chi connectivity index (χ3n) is 4.00. The maximum Gasteiger partial charge on any atom is 0.234 e. The van der Waals surface area contributed by atoms with Crippen molar-refractivity contribution in [3.05, 3.63) is 0 Å². The largest absolute Gasteiger partial charge is 0.409 e. The van der Waals surface area contributed by atoms with Gasteiger partial charge in [0.15, 0.2) is 5.84 Å². The standard InChI is InChI=1S/C12H23N3O2/c1-4-8-7-9(8)14-11(16)12(5-2,6-3)10(13)15-17/h8-9,17H,4-7H2,1-3H3,(H2,13,15)(H,14,16). The summed E-state index contributed by atoms with van der Waals surface area (Å²) < 4.78 is 0. The zero-order chi connectivity index (χ0) is 13.1. The van der Waals surface area contributed by atoms with Crippen molar-refractivity contribution in [3.8, 4) is 0 Å². The fourth-order valence-corrected chi connectivity index (χ4v) is 2.33. The number of rotatable bonds is 6. The predicted molar refractivity (Wildman–Crippen MR) is 66.8 cm³/mol. The molecule has 0 heterocycles. The molecule has 1 amide bonds. The Hall–Kier alpha value is -1.26. The number of nitrogens with zero attached hydrogens (tertiary/aromatic N) is 1. The van der Waals surface area contributed by atoms with Gasteiger partial charge in [-0.2, -0.15) is 0 Å². The van der Waals surface area contributed by atoms with Gasteiger partial charge in [-0.25, -0.2) is 0 Å². The van der Waals surface area contributed by atoms with E-state index in [2.05, 4.69) is 17.4 Å². The van der Waals surface area contributed by atoms with E-state index in [9.17, 15) is 4.79 Å². The Morgan fingerprint density at radius 1 is 1.47 bits per heavy atom. The molecule has 0 spiro atoms. The molecule has 1 aliphatic carbocycles. The number of nitrogens with one attached hydrogen (secondary N) is 1. The fourth-order valence-electron chi connectivity index (χ4n) is 2.33. The lowest BCUT2D eigenvalue weighted by Gasteiger charge is -2.28. The van der Waals surface area contributed by atoms with E-state index in [4.69, 9.17) is 10.9 Å². The normalized spacial score (nSPS) is 24.5. The molecule has 2 unspecified atom stereocenters. The zero-order valence-electron chi connectivity index (χ0n) is 10.9. The number of oxime groups is 1. The molecule has 0 aliphatic heterocycles. The molecule has 0 radical (unpaired) electrons. The molecule has 5 heteroatoms. The molecule has 2 atom stereocenters. The van der Waals surface area contributed by atoms with Crippen molar-refractivity contribution in [1.82, 2.24) is 5.32 Å². The fraction of sp³-hybridized carbons (Fsp3) is 0.833. The highest BCUT2D eigenvalue weighted by atomic mass is 16.4. The number of hydrogen-bond acceptors (Lipinski definition) is 3. The topological polar surface area (TPSA) is 87.7 Å². The maximum absolute atomic E-state index is 12.3. The summed E-state index contributed by atoms with van der Waals surface area (Å²) in [6.07, 6.45) is 3.20. The minimum atomic E-state index is -0.865. The van der Waals surface area contributed by atoms with Gasteiger partial charge in [0, 0.05) is 6.04 Å². The summed E-state index contributed by atoms with van der Waals surface area (Å²) in [6.45, 7) is 5.88. The third kappa shape index (κ3) is 2.53. The van der Waals surface area contributed by atoms with Gasteiger partial charge >= 0.3 is 0 Å². The lowest BCUT2D eigenvalue weighted by atomic mass is 9.80. The van der Waals surface area contributed by atoms with Gasteiger partial charge in [0.2, 0.25) is 5.91 Å². The van der Waals surface area contributed by atoms with E-state index < -0.39 is 5.41 Å². The molecule has 4 N–H and O–H groups in total. The molecule has 1 rings (SSSR count). The molecule has 1 fully saturated rings. The van der Waals surface area contributed by atoms with Crippen LogP contribution in [0.1, 0.15) is 46.5 Å². The lowest BCUT2D eigenvalue weighted by molar-refractivity contribution is -0.128. The molecule has 0 aromatic rings. The van der Waals surface area contributed by atoms with Crippen LogP contribution in [0.2, 0.25) is 0 Å². The van der Waals surface area contributed by atoms with Crippen molar-refractivity contribution in [3.63, 3.8) is 0 Å². The number of nitrogens with two attached hydrogens (primary N) is 1. The number of amides is 1. The highest BCUT2D eigenvalue weighted by Crippen LogP contribution is 2.35. The van der Waals surface area contributed by atoms with Gasteiger partial charge in [-0.1, -0.05) is 32.3 Å². The number of hydrogen-bond donors (Lipinski definition) is 3. The smallest absolute Gasteiger partial charge is 0.234 e. The van der Waals surface area contributed by atoms with Crippen LogP contribution >= 0.6 is 0 Å². The van der Waals surface area contributed by atoms with Crippen molar-refractivity contribution in [2.24, 2.45) is 22.2 Å². The van der Waals surface area contributed by atoms with Crippen molar-refractivity contribution < 1.29 is 10.0 Å². The molecule has 98 valence electrons. The van der Waals surface area contributed by atoms with E-state index >= 15 is 0 Å². The van der Waals surface area contributed by atoms with Gasteiger partial charge in [0.1, 0.15) is 5.41 Å². The molecule has 1 saturated carbocycles. The lowest BCUT2D eigenvalue weighted by Crippen LogP contribution is -2.50. The van der Waals surface area contributed by atoms with Crippen LogP contribution in [0.5, 0.6) is 0 Å². The van der Waals surface area contributed by atoms with Crippen molar-refractivity contribution in [2.75, 3.05) is 0 Å². The van der Waals surface area contributed by atoms with E-state index in [0.29, 0.717) is 18.8 Å². The van der Waals surface area contributed by atoms with Crippen molar-refractivity contribution in [1.29, 1.82) is 0 Å². The first-order valence-electron chi connectivity index (χ1n) is 6.34. The minimum absolute atomic E-state index is 0.00805. The summed E-state index contributed by atoms with van der Waals surface area (Å²) >= 11 is 0. The van der Waals surface area contributed by atoms with Gasteiger partial charge in [-0.3, -0.25) is 4.79 Å². The van der Waals surface area contributed by atoms with Gasteiger partial charge in [0.25, 0.3) is 0 Å². The van der Waals surface area contributed by atoms with Crippen molar-refractivity contribution in [2.45, 2.75) is 52.5 Å². The van der Waals surface area contributed by atoms with Crippen LogP contribution in [-0.4, -0.2) is 23.0 Å². The van der Waals surface area contributed by atoms with Crippen LogP contribution in [0, 0.1) is 11.3 Å². The highest BCUT2D eigenvalue weighted by molar-refractivity contribution is 6.06. The summed E-state index contributed by atoms with van der Waals surface area (Å²) in [7, 11) is 0. The molecule has 5 nitrogen and oxygen atoms in total. The summed E-state index contributed by atoms with van der Waals surface area (Å²) in [6, 6.07) is 0.275. The van der Waals surface area contributed by atoms with Crippen LogP contribution < -0.4 is 11.1 Å². The summed E-state index contributed by atoms with van der Waals surface area (Å²) in [5.74, 6) is 0.491. The third-order valence-corrected chi connectivity index (χ3v) is 4.00. The monoisotopic (exact) mass is 241 g/mol. The predicted octanol–water partition coefficient (Wildman–Crippen LogP) is 1.45. The van der Waals surface area contributed by atoms with Crippen LogP contribution in [0.4, 0.5) is 0 Å². The molecule has 17 heavy (non-hydrogen) atoms. The highest BCUT2D eigenvalue weighted by Gasteiger charge is 2.44. The summed E-state index contributed by atoms with van der Waals surface area (Å²) in [5, 5.41) is 14.8. The Morgan fingerprint density at radius 2 is 2.06 bits per heavy atom. The van der Waals surface area contributed by atoms with E-state index in [-0.39, 0.29) is 17.8 Å². The van der Waals surface area contributed by atoms with E-state index in [1.165, 1.54) is 0 Å². The first-order chi connectivity index (χ1) is 8.05. The van der Waals surface area contributed by atoms with Crippen LogP contribution in [-0.2, 0) is 4.79 Å². The molecule has 1 aliphatic rings. The second-order valence-corrected chi connectivity index (χ2v) is 4.76. The second kappa shape index (κ2) is 5.38. The van der Waals surface area contributed by atoms with Gasteiger partial charge in [-0.05, 0) is 25.2 Å². The molecule has 0 aromatic carbocycles. The molecule has 0 saturated heterocycles. The SMILES string of the molecule is CCC1CC1NC(=O)C(CC)(CC)C(N)=NO. The Kier molecular flexibility index (Phi) is 4.37. The molecular formula is C12H23N3O2. The quantitative estimate of drug-likeness (QED) is 0.285. The van der Waals surface area contributed by atoms with E-state index in [1.807, 2.05) is 13.8 Å². The van der Waals surface area contributed by atoms with Gasteiger partial charge in [0.05, 0.1) is 0 Å². The van der Waals surface area contributed by atoms with Gasteiger partial charge < -0.3 is 16.3 Å². The molecule has 0 aromatic heterocycles. The average Bonchev–Trinajstić information content (AvgIpc) is 3.09. The van der Waals surface area contributed by atoms with E-state index in [1.54, 1.807) is 0 Å². The van der Waals surface area contributed by atoms with E-state index in [0.717, 1.165) is 12.8 Å². The van der Waals surface area contributed by atoms with Gasteiger partial charge in [-0.15, -0.1) is 0 Å². The molecular weight excluding hydrogens is 218 g/mol. The maximum atomic E-state index is 12.3. The Labute approximate surface area is 102 Å². The Balaban J connectivity index is 2.74. The minimum Gasteiger partial charge on any atom is -0.409 e. The summed E-state index contributed by atoms with van der Waals surface area (Å²) in [5.41, 5.74) is 4.81. The number of amidine groups is 1. The van der Waals surface area contributed by atoms with Crippen molar-refractivity contribution >= 4 is 11.7 Å². The average molecular weight is 241 g/mol. The molecule has 0 bridgehead atoms. The summed E-state index contributed by atoms with van der Waals surface area (Å²) in [4.78, 5) is 12.3. The van der Waals surface area contributed by atoms with Crippen LogP contribution in [0.3, 0.4) is 0 Å². The number of carbonyl (C=O) groups is 1. The Morgan fingerprint density at radius 3 is 2.41 bits per heavy atom. The zero-order valence-corrected chi connectivity index (χ0v) is 10.9.